The van der Waals surface area contributed by atoms with Gasteiger partial charge in [0, 0.05) is 6.54 Å². The first-order valence-corrected chi connectivity index (χ1v) is 4.83. The van der Waals surface area contributed by atoms with Crippen LogP contribution in [0.3, 0.4) is 0 Å². The van der Waals surface area contributed by atoms with Crippen molar-refractivity contribution in [2.45, 2.75) is 0 Å². The second kappa shape index (κ2) is 4.14. The van der Waals surface area contributed by atoms with Gasteiger partial charge in [-0.3, -0.25) is 9.79 Å². The summed E-state index contributed by atoms with van der Waals surface area (Å²) in [7, 11) is 0. The lowest BCUT2D eigenvalue weighted by atomic mass is 10.1. The lowest BCUT2D eigenvalue weighted by Crippen LogP contribution is -2.23. The van der Waals surface area contributed by atoms with Gasteiger partial charge in [-0.15, -0.1) is 0 Å². The Bertz CT molecular complexity index is 468. The number of para-hydroxylation sites is 1. The average molecular weight is 218 g/mol. The molecule has 5 nitrogen and oxygen atoms in total. The van der Waals surface area contributed by atoms with Crippen molar-refractivity contribution < 1.29 is 14.7 Å². The molecule has 1 aliphatic heterocycles. The minimum Gasteiger partial charge on any atom is -0.475 e. The maximum absolute atomic E-state index is 11.5. The number of benzene rings is 1. The summed E-state index contributed by atoms with van der Waals surface area (Å²) in [6, 6.07) is 6.64. The number of carbonyl (C=O) groups is 2. The molecule has 0 atom stereocenters. The van der Waals surface area contributed by atoms with E-state index in [0.717, 1.165) is 0 Å². The van der Waals surface area contributed by atoms with Crippen LogP contribution in [0, 0.1) is 0 Å². The number of aliphatic imine (C=N–C) groups is 1. The zero-order valence-electron chi connectivity index (χ0n) is 8.46. The van der Waals surface area contributed by atoms with Crippen molar-refractivity contribution in [2.75, 3.05) is 18.0 Å². The normalized spacial score (nSPS) is 14.1. The van der Waals surface area contributed by atoms with Crippen LogP contribution in [0.5, 0.6) is 0 Å². The van der Waals surface area contributed by atoms with Crippen LogP contribution in [-0.2, 0) is 4.79 Å². The molecule has 0 aromatic heterocycles. The molecule has 1 aromatic carbocycles. The number of hydrogen-bond donors (Lipinski definition) is 1. The molecule has 2 rings (SSSR count). The number of rotatable bonds is 3. The molecular weight excluding hydrogens is 208 g/mol. The fourth-order valence-electron chi connectivity index (χ4n) is 1.59. The van der Waals surface area contributed by atoms with E-state index in [9.17, 15) is 9.59 Å². The number of carboxylic acids is 1. The van der Waals surface area contributed by atoms with E-state index in [0.29, 0.717) is 18.8 Å². The Morgan fingerprint density at radius 3 is 2.69 bits per heavy atom. The fourth-order valence-corrected chi connectivity index (χ4v) is 1.59. The summed E-state index contributed by atoms with van der Waals surface area (Å²) in [5.41, 5.74) is 0.791. The third kappa shape index (κ3) is 1.79. The number of aliphatic carboxylic acids is 1. The minimum absolute atomic E-state index is 0.198. The monoisotopic (exact) mass is 218 g/mol. The second-order valence-electron chi connectivity index (χ2n) is 3.37. The first-order valence-electron chi connectivity index (χ1n) is 4.83. The van der Waals surface area contributed by atoms with E-state index in [4.69, 9.17) is 5.11 Å². The van der Waals surface area contributed by atoms with Crippen LogP contribution in [0.1, 0.15) is 10.4 Å². The van der Waals surface area contributed by atoms with E-state index in [1.165, 1.54) is 6.07 Å². The number of anilines is 1. The number of ketones is 1. The van der Waals surface area contributed by atoms with Crippen molar-refractivity contribution >= 4 is 23.8 Å². The van der Waals surface area contributed by atoms with Crippen molar-refractivity contribution in [3.8, 4) is 0 Å². The molecule has 0 unspecified atom stereocenters. The Morgan fingerprint density at radius 1 is 1.31 bits per heavy atom. The maximum Gasteiger partial charge on any atom is 0.377 e. The van der Waals surface area contributed by atoms with E-state index in [1.54, 1.807) is 29.4 Å². The first-order chi connectivity index (χ1) is 7.70. The largest absolute Gasteiger partial charge is 0.475 e. The summed E-state index contributed by atoms with van der Waals surface area (Å²) in [4.78, 5) is 27.9. The van der Waals surface area contributed by atoms with Crippen LogP contribution in [0.4, 0.5) is 5.69 Å². The summed E-state index contributed by atoms with van der Waals surface area (Å²) in [5.74, 6) is -2.33. The van der Waals surface area contributed by atoms with E-state index in [1.807, 2.05) is 0 Å². The Kier molecular flexibility index (Phi) is 2.68. The molecule has 82 valence electrons. The standard InChI is InChI=1S/C11H10N2O3/c14-10(11(15)16)8-3-1-2-4-9(8)13-6-5-12-7-13/h1-4,7H,5-6H2,(H,15,16). The highest BCUT2D eigenvalue weighted by atomic mass is 16.4. The van der Waals surface area contributed by atoms with E-state index in [-0.39, 0.29) is 5.56 Å². The topological polar surface area (TPSA) is 70.0 Å². The molecule has 0 saturated carbocycles. The molecule has 1 N–H and O–H groups in total. The van der Waals surface area contributed by atoms with Crippen molar-refractivity contribution in [2.24, 2.45) is 4.99 Å². The summed E-state index contributed by atoms with van der Waals surface area (Å²) < 4.78 is 0. The van der Waals surface area contributed by atoms with Crippen LogP contribution in [0.25, 0.3) is 0 Å². The van der Waals surface area contributed by atoms with Crippen LogP contribution in [-0.4, -0.2) is 36.3 Å². The third-order valence-electron chi connectivity index (χ3n) is 2.34. The molecule has 1 aliphatic rings. The van der Waals surface area contributed by atoms with Gasteiger partial charge in [0.2, 0.25) is 0 Å². The van der Waals surface area contributed by atoms with Crippen molar-refractivity contribution in [3.63, 3.8) is 0 Å². The molecule has 0 spiro atoms. The minimum atomic E-state index is -1.44. The fraction of sp³-hybridized carbons (Fsp3) is 0.182. The smallest absolute Gasteiger partial charge is 0.377 e. The molecular formula is C11H10N2O3. The Balaban J connectivity index is 2.41. The second-order valence-corrected chi connectivity index (χ2v) is 3.37. The van der Waals surface area contributed by atoms with E-state index in [2.05, 4.69) is 4.99 Å². The van der Waals surface area contributed by atoms with Gasteiger partial charge in [0.05, 0.1) is 24.1 Å². The molecule has 5 heteroatoms. The Morgan fingerprint density at radius 2 is 2.06 bits per heavy atom. The third-order valence-corrected chi connectivity index (χ3v) is 2.34. The summed E-state index contributed by atoms with van der Waals surface area (Å²) >= 11 is 0. The van der Waals surface area contributed by atoms with Gasteiger partial charge in [-0.25, -0.2) is 4.79 Å². The van der Waals surface area contributed by atoms with Gasteiger partial charge in [0.25, 0.3) is 5.78 Å². The number of nitrogens with zero attached hydrogens (tertiary/aromatic N) is 2. The van der Waals surface area contributed by atoms with Crippen molar-refractivity contribution in [1.29, 1.82) is 0 Å². The molecule has 0 fully saturated rings. The molecule has 1 heterocycles. The van der Waals surface area contributed by atoms with Gasteiger partial charge in [0.1, 0.15) is 0 Å². The van der Waals surface area contributed by atoms with Crippen LogP contribution < -0.4 is 4.90 Å². The van der Waals surface area contributed by atoms with Gasteiger partial charge in [-0.2, -0.15) is 0 Å². The molecule has 0 radical (unpaired) electrons. The quantitative estimate of drug-likeness (QED) is 0.601. The Hall–Kier alpha value is -2.17. The van der Waals surface area contributed by atoms with Gasteiger partial charge in [-0.1, -0.05) is 12.1 Å². The summed E-state index contributed by atoms with van der Waals surface area (Å²) in [6.45, 7) is 1.33. The molecule has 16 heavy (non-hydrogen) atoms. The van der Waals surface area contributed by atoms with Gasteiger partial charge >= 0.3 is 5.97 Å². The van der Waals surface area contributed by atoms with Crippen LogP contribution >= 0.6 is 0 Å². The molecule has 0 saturated heterocycles. The van der Waals surface area contributed by atoms with Gasteiger partial charge in [0.15, 0.2) is 0 Å². The number of carboxylic acid groups (broad SMARTS) is 1. The molecule has 0 amide bonds. The van der Waals surface area contributed by atoms with Crippen LogP contribution in [0.15, 0.2) is 29.3 Å². The SMILES string of the molecule is O=C(O)C(=O)c1ccccc1N1C=NCC1. The van der Waals surface area contributed by atoms with Crippen molar-refractivity contribution in [3.05, 3.63) is 29.8 Å². The van der Waals surface area contributed by atoms with E-state index < -0.39 is 11.8 Å². The summed E-state index contributed by atoms with van der Waals surface area (Å²) in [5, 5.41) is 8.70. The van der Waals surface area contributed by atoms with Crippen molar-refractivity contribution in [1.82, 2.24) is 0 Å². The first kappa shape index (κ1) is 10.4. The lowest BCUT2D eigenvalue weighted by molar-refractivity contribution is -0.131. The van der Waals surface area contributed by atoms with E-state index >= 15 is 0 Å². The molecule has 1 aromatic rings. The number of carbonyl (C=O) groups excluding carboxylic acids is 1. The zero-order valence-corrected chi connectivity index (χ0v) is 8.46. The molecule has 0 aliphatic carbocycles. The number of Topliss-reactive ketones (excluding diaryl/α,β-unsaturated/α-hetero) is 1. The van der Waals surface area contributed by atoms with Gasteiger partial charge in [-0.05, 0) is 12.1 Å². The maximum atomic E-state index is 11.5. The van der Waals surface area contributed by atoms with Gasteiger partial charge < -0.3 is 10.0 Å². The highest BCUT2D eigenvalue weighted by Crippen LogP contribution is 2.21. The highest BCUT2D eigenvalue weighted by molar-refractivity contribution is 6.41. The average Bonchev–Trinajstić information content (AvgIpc) is 2.81. The molecule has 0 bridgehead atoms. The van der Waals surface area contributed by atoms with Crippen LogP contribution in [0.2, 0.25) is 0 Å². The Labute approximate surface area is 92.0 Å². The predicted octanol–water partition coefficient (Wildman–Crippen LogP) is 0.802. The predicted molar refractivity (Wildman–Crippen MR) is 59.1 cm³/mol. The number of hydrogen-bond acceptors (Lipinski definition) is 4. The lowest BCUT2D eigenvalue weighted by Gasteiger charge is -2.16. The zero-order chi connectivity index (χ0) is 11.5. The highest BCUT2D eigenvalue weighted by Gasteiger charge is 2.21. The summed E-state index contributed by atoms with van der Waals surface area (Å²) in [6.07, 6.45) is 1.62.